The fraction of sp³-hybridized carbons (Fsp3) is 0.706. The van der Waals surface area contributed by atoms with Gasteiger partial charge in [0.25, 0.3) is 0 Å². The zero-order chi connectivity index (χ0) is 18.2. The molecule has 0 aliphatic heterocycles. The minimum absolute atomic E-state index is 0. The summed E-state index contributed by atoms with van der Waals surface area (Å²) in [5.41, 5.74) is -0.240. The van der Waals surface area contributed by atoms with Crippen LogP contribution in [-0.4, -0.2) is 40.0 Å². The number of amides is 1. The second kappa shape index (κ2) is 11.3. The van der Waals surface area contributed by atoms with Crippen molar-refractivity contribution >= 4 is 35.8 Å². The van der Waals surface area contributed by atoms with E-state index < -0.39 is 0 Å². The largest absolute Gasteiger partial charge is 0.357 e. The zero-order valence-electron chi connectivity index (χ0n) is 16.2. The molecule has 0 aliphatic carbocycles. The van der Waals surface area contributed by atoms with Gasteiger partial charge in [0.15, 0.2) is 5.96 Å². The second-order valence-electron chi connectivity index (χ2n) is 7.24. The lowest BCUT2D eigenvalue weighted by molar-refractivity contribution is -0.121. The summed E-state index contributed by atoms with van der Waals surface area (Å²) < 4.78 is 2.12. The van der Waals surface area contributed by atoms with Gasteiger partial charge in [0, 0.05) is 31.0 Å². The molecule has 0 radical (unpaired) electrons. The smallest absolute Gasteiger partial charge is 0.239 e. The van der Waals surface area contributed by atoms with Crippen molar-refractivity contribution in [3.8, 4) is 0 Å². The summed E-state index contributed by atoms with van der Waals surface area (Å²) in [4.78, 5) is 20.8. The Bertz CT molecular complexity index is 548. The normalized spacial score (nSPS) is 11.9. The molecule has 0 aliphatic rings. The van der Waals surface area contributed by atoms with Crippen LogP contribution < -0.4 is 16.0 Å². The minimum atomic E-state index is -0.240. The van der Waals surface area contributed by atoms with Crippen LogP contribution in [0.4, 0.5) is 0 Å². The monoisotopic (exact) mass is 464 g/mol. The lowest BCUT2D eigenvalue weighted by Crippen LogP contribution is -2.48. The third-order valence-corrected chi connectivity index (χ3v) is 3.02. The fourth-order valence-electron chi connectivity index (χ4n) is 2.17. The third-order valence-electron chi connectivity index (χ3n) is 3.02. The number of carbonyl (C=O) groups excluding carboxylic acids is 1. The van der Waals surface area contributed by atoms with E-state index in [1.165, 1.54) is 0 Å². The second-order valence-corrected chi connectivity index (χ2v) is 7.24. The maximum absolute atomic E-state index is 11.9. The van der Waals surface area contributed by atoms with Gasteiger partial charge in [0.1, 0.15) is 12.4 Å². The number of imidazole rings is 1. The van der Waals surface area contributed by atoms with Crippen LogP contribution >= 0.6 is 24.0 Å². The molecule has 1 aromatic heterocycles. The zero-order valence-corrected chi connectivity index (χ0v) is 18.5. The number of aromatic nitrogens is 2. The summed E-state index contributed by atoms with van der Waals surface area (Å²) in [5.74, 6) is 2.02. The highest BCUT2D eigenvalue weighted by atomic mass is 127. The van der Waals surface area contributed by atoms with E-state index in [4.69, 9.17) is 0 Å². The van der Waals surface area contributed by atoms with E-state index >= 15 is 0 Å². The highest BCUT2D eigenvalue weighted by Gasteiger charge is 2.13. The topological polar surface area (TPSA) is 83.3 Å². The Morgan fingerprint density at radius 1 is 1.32 bits per heavy atom. The highest BCUT2D eigenvalue weighted by molar-refractivity contribution is 14.0. The van der Waals surface area contributed by atoms with Gasteiger partial charge < -0.3 is 20.5 Å². The summed E-state index contributed by atoms with van der Waals surface area (Å²) in [6.45, 7) is 14.5. The number of hydrogen-bond donors (Lipinski definition) is 3. The first-order chi connectivity index (χ1) is 11.2. The first kappa shape index (κ1) is 23.7. The number of halogens is 1. The molecule has 0 fully saturated rings. The molecule has 0 aromatic carbocycles. The maximum Gasteiger partial charge on any atom is 0.239 e. The molecule has 0 atom stereocenters. The van der Waals surface area contributed by atoms with Crippen LogP contribution in [-0.2, 0) is 17.9 Å². The molecule has 3 N–H and O–H groups in total. The summed E-state index contributed by atoms with van der Waals surface area (Å²) in [5, 5.41) is 9.12. The third kappa shape index (κ3) is 10.3. The molecular weight excluding hydrogens is 431 g/mol. The number of aliphatic imine (C=N–C) groups is 1. The van der Waals surface area contributed by atoms with Crippen LogP contribution in [0, 0.1) is 5.92 Å². The SMILES string of the molecule is CCNC(=NCc1nccn1CC(C)C)NCC(=O)NC(C)(C)C.I. The number of rotatable bonds is 7. The first-order valence-corrected chi connectivity index (χ1v) is 8.54. The van der Waals surface area contributed by atoms with Crippen molar-refractivity contribution in [3.63, 3.8) is 0 Å². The van der Waals surface area contributed by atoms with Gasteiger partial charge in [0.05, 0.1) is 6.54 Å². The Balaban J connectivity index is 0.00000576. The maximum atomic E-state index is 11.9. The van der Waals surface area contributed by atoms with Crippen LogP contribution in [0.15, 0.2) is 17.4 Å². The Morgan fingerprint density at radius 2 is 2.00 bits per heavy atom. The molecule has 1 amide bonds. The highest BCUT2D eigenvalue weighted by Crippen LogP contribution is 2.04. The fourth-order valence-corrected chi connectivity index (χ4v) is 2.17. The van der Waals surface area contributed by atoms with E-state index in [2.05, 4.69) is 44.3 Å². The van der Waals surface area contributed by atoms with Gasteiger partial charge in [-0.1, -0.05) is 13.8 Å². The van der Waals surface area contributed by atoms with Crippen LogP contribution in [0.3, 0.4) is 0 Å². The average molecular weight is 464 g/mol. The van der Waals surface area contributed by atoms with E-state index in [0.717, 1.165) is 18.9 Å². The van der Waals surface area contributed by atoms with Crippen molar-refractivity contribution in [2.75, 3.05) is 13.1 Å². The Morgan fingerprint density at radius 3 is 2.56 bits per heavy atom. The van der Waals surface area contributed by atoms with Crippen molar-refractivity contribution in [1.82, 2.24) is 25.5 Å². The van der Waals surface area contributed by atoms with Crippen LogP contribution in [0.2, 0.25) is 0 Å². The molecule has 0 saturated carbocycles. The van der Waals surface area contributed by atoms with E-state index in [-0.39, 0.29) is 42.0 Å². The van der Waals surface area contributed by atoms with Crippen molar-refractivity contribution < 1.29 is 4.79 Å². The Labute approximate surface area is 168 Å². The van der Waals surface area contributed by atoms with Gasteiger partial charge in [-0.2, -0.15) is 0 Å². The molecule has 7 nitrogen and oxygen atoms in total. The molecule has 1 aromatic rings. The Kier molecular flexibility index (Phi) is 10.7. The van der Waals surface area contributed by atoms with Crippen molar-refractivity contribution in [2.24, 2.45) is 10.9 Å². The molecule has 8 heteroatoms. The van der Waals surface area contributed by atoms with Crippen LogP contribution in [0.5, 0.6) is 0 Å². The van der Waals surface area contributed by atoms with Crippen LogP contribution in [0.25, 0.3) is 0 Å². The number of guanidine groups is 1. The van der Waals surface area contributed by atoms with Gasteiger partial charge in [-0.3, -0.25) is 4.79 Å². The molecular formula is C17H33IN6O. The van der Waals surface area contributed by atoms with Crippen molar-refractivity contribution in [3.05, 3.63) is 18.2 Å². The number of nitrogens with one attached hydrogen (secondary N) is 3. The molecule has 1 rings (SSSR count). The predicted molar refractivity (Wildman–Crippen MR) is 113 cm³/mol. The van der Waals surface area contributed by atoms with Crippen molar-refractivity contribution in [1.29, 1.82) is 0 Å². The standard InChI is InChI=1S/C17H32N6O.HI/c1-7-18-16(21-11-15(24)22-17(4,5)6)20-10-14-19-8-9-23(14)12-13(2)3;/h8-9,13H,7,10-12H2,1-6H3,(H,22,24)(H2,18,20,21);1H. The lowest BCUT2D eigenvalue weighted by atomic mass is 10.1. The first-order valence-electron chi connectivity index (χ1n) is 8.54. The number of hydrogen-bond acceptors (Lipinski definition) is 3. The van der Waals surface area contributed by atoms with Gasteiger partial charge >= 0.3 is 0 Å². The summed E-state index contributed by atoms with van der Waals surface area (Å²) >= 11 is 0. The number of carbonyl (C=O) groups is 1. The number of nitrogens with zero attached hydrogens (tertiary/aromatic N) is 3. The molecule has 0 bridgehead atoms. The lowest BCUT2D eigenvalue weighted by Gasteiger charge is -2.21. The van der Waals surface area contributed by atoms with Gasteiger partial charge in [-0.25, -0.2) is 9.98 Å². The van der Waals surface area contributed by atoms with Crippen molar-refractivity contribution in [2.45, 2.75) is 60.2 Å². The van der Waals surface area contributed by atoms with E-state index in [9.17, 15) is 4.79 Å². The quantitative estimate of drug-likeness (QED) is 0.328. The summed E-state index contributed by atoms with van der Waals surface area (Å²) in [7, 11) is 0. The molecule has 1 heterocycles. The van der Waals surface area contributed by atoms with Gasteiger partial charge in [-0.15, -0.1) is 24.0 Å². The molecule has 0 unspecified atom stereocenters. The van der Waals surface area contributed by atoms with Gasteiger partial charge in [-0.05, 0) is 33.6 Å². The average Bonchev–Trinajstić information content (AvgIpc) is 2.86. The van der Waals surface area contributed by atoms with E-state index in [1.54, 1.807) is 6.20 Å². The minimum Gasteiger partial charge on any atom is -0.357 e. The van der Waals surface area contributed by atoms with E-state index in [0.29, 0.717) is 18.4 Å². The molecule has 144 valence electrons. The summed E-state index contributed by atoms with van der Waals surface area (Å²) in [6, 6.07) is 0. The molecule has 0 spiro atoms. The van der Waals surface area contributed by atoms with Gasteiger partial charge in [0.2, 0.25) is 5.91 Å². The van der Waals surface area contributed by atoms with E-state index in [1.807, 2.05) is 33.9 Å². The molecule has 0 saturated heterocycles. The predicted octanol–water partition coefficient (Wildman–Crippen LogP) is 2.13. The van der Waals surface area contributed by atoms with Crippen LogP contribution in [0.1, 0.15) is 47.4 Å². The molecule has 25 heavy (non-hydrogen) atoms. The summed E-state index contributed by atoms with van der Waals surface area (Å²) in [6.07, 6.45) is 3.77. The Hall–Kier alpha value is -1.32.